The smallest absolute Gasteiger partial charge is 0.272 e. The van der Waals surface area contributed by atoms with Gasteiger partial charge in [-0.25, -0.2) is 4.68 Å². The van der Waals surface area contributed by atoms with Crippen LogP contribution in [0.3, 0.4) is 0 Å². The topological polar surface area (TPSA) is 74.0 Å². The van der Waals surface area contributed by atoms with E-state index in [0.29, 0.717) is 28.0 Å². The molecule has 0 atom stereocenters. The van der Waals surface area contributed by atoms with E-state index in [1.807, 2.05) is 24.7 Å². The summed E-state index contributed by atoms with van der Waals surface area (Å²) in [6, 6.07) is 6.76. The molecule has 0 spiro atoms. The van der Waals surface area contributed by atoms with Crippen molar-refractivity contribution in [2.75, 3.05) is 0 Å². The Labute approximate surface area is 166 Å². The van der Waals surface area contributed by atoms with E-state index in [2.05, 4.69) is 15.5 Å². The Morgan fingerprint density at radius 3 is 2.78 bits per heavy atom. The number of hydrogen-bond acceptors (Lipinski definition) is 4. The summed E-state index contributed by atoms with van der Waals surface area (Å²) in [5, 5.41) is 12.2. The molecule has 1 N–H and O–H groups in total. The fourth-order valence-corrected chi connectivity index (χ4v) is 2.79. The zero-order chi connectivity index (χ0) is 19.4. The molecule has 0 unspecified atom stereocenters. The Balaban J connectivity index is 1.57. The Morgan fingerprint density at radius 1 is 1.22 bits per heavy atom. The highest BCUT2D eigenvalue weighted by Gasteiger charge is 2.12. The second kappa shape index (κ2) is 8.45. The predicted octanol–water partition coefficient (Wildman–Crippen LogP) is 3.68. The van der Waals surface area contributed by atoms with Gasteiger partial charge in [-0.2, -0.15) is 10.2 Å². The van der Waals surface area contributed by atoms with Crippen molar-refractivity contribution < 1.29 is 9.53 Å². The number of amides is 1. The van der Waals surface area contributed by atoms with E-state index in [0.717, 1.165) is 17.8 Å². The average molecular weight is 408 g/mol. The van der Waals surface area contributed by atoms with Crippen LogP contribution in [0.5, 0.6) is 5.75 Å². The molecule has 0 fully saturated rings. The summed E-state index contributed by atoms with van der Waals surface area (Å²) in [6.45, 7) is 5.22. The van der Waals surface area contributed by atoms with Gasteiger partial charge in [0.1, 0.15) is 16.5 Å². The van der Waals surface area contributed by atoms with Crippen LogP contribution in [0.2, 0.25) is 10.0 Å². The normalized spacial score (nSPS) is 10.8. The second-order valence-corrected chi connectivity index (χ2v) is 6.63. The Kier molecular flexibility index (Phi) is 6.03. The molecule has 3 aromatic rings. The van der Waals surface area contributed by atoms with Gasteiger partial charge in [-0.15, -0.1) is 0 Å². The zero-order valence-corrected chi connectivity index (χ0v) is 16.5. The monoisotopic (exact) mass is 407 g/mol. The first-order valence-corrected chi connectivity index (χ1v) is 9.15. The molecule has 0 radical (unpaired) electrons. The second-order valence-electron chi connectivity index (χ2n) is 5.84. The van der Waals surface area contributed by atoms with Crippen molar-refractivity contribution in [3.05, 3.63) is 63.7 Å². The number of carbonyl (C=O) groups excluding carboxylic acids is 1. The maximum absolute atomic E-state index is 12.3. The quantitative estimate of drug-likeness (QED) is 0.647. The largest absolute Gasteiger partial charge is 0.470 e. The highest BCUT2D eigenvalue weighted by atomic mass is 35.5. The molecule has 0 aliphatic carbocycles. The number of carbonyl (C=O) groups is 1. The number of ether oxygens (including phenoxy) is 1. The minimum absolute atomic E-state index is 0.107. The lowest BCUT2D eigenvalue weighted by Crippen LogP contribution is -2.23. The molecule has 2 aromatic heterocycles. The summed E-state index contributed by atoms with van der Waals surface area (Å²) in [5.41, 5.74) is 2.18. The number of hydrogen-bond donors (Lipinski definition) is 1. The van der Waals surface area contributed by atoms with Crippen LogP contribution in [-0.4, -0.2) is 25.5 Å². The van der Waals surface area contributed by atoms with Crippen molar-refractivity contribution >= 4 is 29.1 Å². The SMILES string of the molecule is CCn1cc(CNC(=O)c2ccn(COc3cccc(Cl)c3Cl)n2)c(C)n1. The molecule has 2 heterocycles. The first-order chi connectivity index (χ1) is 13.0. The molecular weight excluding hydrogens is 389 g/mol. The van der Waals surface area contributed by atoms with Crippen LogP contribution in [0.4, 0.5) is 0 Å². The van der Waals surface area contributed by atoms with E-state index in [-0.39, 0.29) is 12.6 Å². The lowest BCUT2D eigenvalue weighted by atomic mass is 10.2. The third-order valence-corrected chi connectivity index (χ3v) is 4.75. The molecule has 0 aliphatic rings. The number of nitrogens with one attached hydrogen (secondary N) is 1. The molecule has 9 heteroatoms. The highest BCUT2D eigenvalue weighted by Crippen LogP contribution is 2.31. The fourth-order valence-electron chi connectivity index (χ4n) is 2.45. The molecule has 1 amide bonds. The van der Waals surface area contributed by atoms with Crippen LogP contribution in [-0.2, 0) is 19.8 Å². The average Bonchev–Trinajstić information content (AvgIpc) is 3.27. The van der Waals surface area contributed by atoms with Gasteiger partial charge in [-0.3, -0.25) is 9.48 Å². The van der Waals surface area contributed by atoms with Crippen molar-refractivity contribution in [2.24, 2.45) is 0 Å². The van der Waals surface area contributed by atoms with Gasteiger partial charge in [0.25, 0.3) is 5.91 Å². The van der Waals surface area contributed by atoms with E-state index in [1.165, 1.54) is 4.68 Å². The van der Waals surface area contributed by atoms with Gasteiger partial charge in [0.05, 0.1) is 10.7 Å². The third kappa shape index (κ3) is 4.61. The van der Waals surface area contributed by atoms with Crippen molar-refractivity contribution in [1.82, 2.24) is 24.9 Å². The van der Waals surface area contributed by atoms with Gasteiger partial charge < -0.3 is 10.1 Å². The van der Waals surface area contributed by atoms with Crippen molar-refractivity contribution in [1.29, 1.82) is 0 Å². The minimum Gasteiger partial charge on any atom is -0.470 e. The molecule has 27 heavy (non-hydrogen) atoms. The van der Waals surface area contributed by atoms with Gasteiger partial charge in [0, 0.05) is 31.0 Å². The van der Waals surface area contributed by atoms with Crippen molar-refractivity contribution in [3.63, 3.8) is 0 Å². The van der Waals surface area contributed by atoms with Gasteiger partial charge >= 0.3 is 0 Å². The Bertz CT molecular complexity index is 951. The Morgan fingerprint density at radius 2 is 2.04 bits per heavy atom. The molecule has 0 saturated heterocycles. The lowest BCUT2D eigenvalue weighted by molar-refractivity contribution is 0.0944. The third-order valence-electron chi connectivity index (χ3n) is 3.95. The van der Waals surface area contributed by atoms with Crippen LogP contribution in [0.15, 0.2) is 36.7 Å². The van der Waals surface area contributed by atoms with Crippen molar-refractivity contribution in [3.8, 4) is 5.75 Å². The van der Waals surface area contributed by atoms with E-state index in [4.69, 9.17) is 27.9 Å². The summed E-state index contributed by atoms with van der Waals surface area (Å²) in [4.78, 5) is 12.3. The first-order valence-electron chi connectivity index (χ1n) is 8.39. The highest BCUT2D eigenvalue weighted by molar-refractivity contribution is 6.42. The number of rotatable bonds is 7. The molecule has 0 bridgehead atoms. The summed E-state index contributed by atoms with van der Waals surface area (Å²) in [6.07, 6.45) is 3.59. The van der Waals surface area contributed by atoms with Crippen molar-refractivity contribution in [2.45, 2.75) is 33.7 Å². The number of nitrogens with zero attached hydrogens (tertiary/aromatic N) is 4. The molecule has 7 nitrogen and oxygen atoms in total. The molecule has 0 saturated carbocycles. The van der Waals surface area contributed by atoms with Gasteiger partial charge in [-0.05, 0) is 32.0 Å². The number of benzene rings is 1. The van der Waals surface area contributed by atoms with Crippen LogP contribution >= 0.6 is 23.2 Å². The first kappa shape index (κ1) is 19.3. The zero-order valence-electron chi connectivity index (χ0n) is 14.9. The standard InChI is InChI=1S/C18H19Cl2N5O2/c1-3-24-10-13(12(2)22-24)9-21-18(26)15-7-8-25(23-15)11-27-16-6-4-5-14(19)17(16)20/h4-8,10H,3,9,11H2,1-2H3,(H,21,26). The summed E-state index contributed by atoms with van der Waals surface area (Å²) in [7, 11) is 0. The van der Waals surface area contributed by atoms with Crippen LogP contribution in [0.25, 0.3) is 0 Å². The van der Waals surface area contributed by atoms with Gasteiger partial charge in [-0.1, -0.05) is 29.3 Å². The molecular formula is C18H19Cl2N5O2. The molecule has 3 rings (SSSR count). The van der Waals surface area contributed by atoms with E-state index in [9.17, 15) is 4.79 Å². The lowest BCUT2D eigenvalue weighted by Gasteiger charge is -2.08. The summed E-state index contributed by atoms with van der Waals surface area (Å²) in [5.74, 6) is 0.187. The maximum Gasteiger partial charge on any atom is 0.272 e. The number of aryl methyl sites for hydroxylation is 2. The Hall–Kier alpha value is -2.51. The van der Waals surface area contributed by atoms with E-state index >= 15 is 0 Å². The number of aromatic nitrogens is 4. The fraction of sp³-hybridized carbons (Fsp3) is 0.278. The van der Waals surface area contributed by atoms with E-state index in [1.54, 1.807) is 30.5 Å². The molecule has 1 aromatic carbocycles. The van der Waals surface area contributed by atoms with Crippen LogP contribution in [0, 0.1) is 6.92 Å². The van der Waals surface area contributed by atoms with E-state index < -0.39 is 0 Å². The van der Waals surface area contributed by atoms with Gasteiger partial charge in [0.15, 0.2) is 6.73 Å². The minimum atomic E-state index is -0.266. The number of halogens is 2. The molecule has 142 valence electrons. The van der Waals surface area contributed by atoms with Crippen LogP contribution < -0.4 is 10.1 Å². The van der Waals surface area contributed by atoms with Crippen LogP contribution in [0.1, 0.15) is 28.7 Å². The molecule has 0 aliphatic heterocycles. The summed E-state index contributed by atoms with van der Waals surface area (Å²) < 4.78 is 8.94. The maximum atomic E-state index is 12.3. The summed E-state index contributed by atoms with van der Waals surface area (Å²) >= 11 is 12.0. The van der Waals surface area contributed by atoms with Gasteiger partial charge in [0.2, 0.25) is 0 Å². The predicted molar refractivity (Wildman–Crippen MR) is 103 cm³/mol.